The molecular weight excluding hydrogens is 342 g/mol. The van der Waals surface area contributed by atoms with Crippen LogP contribution < -0.4 is 9.64 Å². The largest absolute Gasteiger partial charge is 0.479 e. The van der Waals surface area contributed by atoms with E-state index in [4.69, 9.17) is 4.74 Å². The summed E-state index contributed by atoms with van der Waals surface area (Å²) in [6.07, 6.45) is 0. The van der Waals surface area contributed by atoms with Gasteiger partial charge in [-0.05, 0) is 0 Å². The molecule has 1 rings (SSSR count). The smallest absolute Gasteiger partial charge is 0.362 e. The summed E-state index contributed by atoms with van der Waals surface area (Å²) in [4.78, 5) is 44.8. The summed E-state index contributed by atoms with van der Waals surface area (Å²) in [5.41, 5.74) is 2.93. The number of anilines is 1. The van der Waals surface area contributed by atoms with Crippen LogP contribution in [0.25, 0.3) is 0 Å². The van der Waals surface area contributed by atoms with Gasteiger partial charge in [0.2, 0.25) is 23.4 Å². The van der Waals surface area contributed by atoms with Gasteiger partial charge in [0.15, 0.2) is 11.5 Å². The number of aromatic nitrogens is 2. The highest BCUT2D eigenvalue weighted by Gasteiger charge is 2.27. The van der Waals surface area contributed by atoms with E-state index in [-0.39, 0.29) is 23.1 Å². The highest BCUT2D eigenvalue weighted by molar-refractivity contribution is 6.83. The van der Waals surface area contributed by atoms with Crippen LogP contribution in [0.5, 0.6) is 5.88 Å². The molecule has 0 aromatic carbocycles. The van der Waals surface area contributed by atoms with Crippen molar-refractivity contribution in [1.82, 2.24) is 9.97 Å². The topological polar surface area (TPSA) is 98.7 Å². The van der Waals surface area contributed by atoms with E-state index >= 15 is 0 Å². The molecule has 0 atom stereocenters. The molecule has 1 aromatic rings. The van der Waals surface area contributed by atoms with Crippen LogP contribution >= 0.6 is 0 Å². The van der Waals surface area contributed by atoms with Gasteiger partial charge in [0.1, 0.15) is 8.07 Å². The summed E-state index contributed by atoms with van der Waals surface area (Å²) in [7, 11) is 0.696. The van der Waals surface area contributed by atoms with Crippen molar-refractivity contribution in [1.29, 1.82) is 0 Å². The highest BCUT2D eigenvalue weighted by atomic mass is 28.3. The number of hydrogen-bond acceptors (Lipinski definition) is 7. The van der Waals surface area contributed by atoms with Crippen LogP contribution in [0, 0.1) is 11.5 Å². The van der Waals surface area contributed by atoms with Gasteiger partial charge in [0.25, 0.3) is 0 Å². The predicted molar refractivity (Wildman–Crippen MR) is 94.0 cm³/mol. The fraction of sp³-hybridized carbons (Fsp3) is 0.438. The first-order valence-corrected chi connectivity index (χ1v) is 10.9. The van der Waals surface area contributed by atoms with Crippen LogP contribution in [0.4, 0.5) is 5.82 Å². The van der Waals surface area contributed by atoms with Gasteiger partial charge >= 0.3 is 5.97 Å². The predicted octanol–water partition coefficient (Wildman–Crippen LogP) is 1.40. The van der Waals surface area contributed by atoms with E-state index in [1.807, 2.05) is 19.6 Å². The third-order valence-corrected chi connectivity index (χ3v) is 3.69. The van der Waals surface area contributed by atoms with Gasteiger partial charge in [-0.2, -0.15) is 4.98 Å². The average molecular weight is 363 g/mol. The summed E-state index contributed by atoms with van der Waals surface area (Å²) in [5.74, 6) is 0.749. The lowest BCUT2D eigenvalue weighted by atomic mass is 10.3. The molecule has 0 radical (unpaired) electrons. The second-order valence-electron chi connectivity index (χ2n) is 6.12. The summed E-state index contributed by atoms with van der Waals surface area (Å²) in [6.45, 7) is 8.50. The van der Waals surface area contributed by atoms with Crippen LogP contribution in [0.2, 0.25) is 19.6 Å². The minimum absolute atomic E-state index is 0.0361. The van der Waals surface area contributed by atoms with Crippen molar-refractivity contribution in [3.05, 3.63) is 11.4 Å². The van der Waals surface area contributed by atoms with E-state index in [2.05, 4.69) is 26.2 Å². The third kappa shape index (κ3) is 5.12. The second kappa shape index (κ2) is 7.89. The second-order valence-corrected chi connectivity index (χ2v) is 10.9. The number of imide groups is 1. The Morgan fingerprint density at radius 1 is 1.04 bits per heavy atom. The fourth-order valence-electron chi connectivity index (χ4n) is 1.79. The average Bonchev–Trinajstić information content (AvgIpc) is 2.50. The Morgan fingerprint density at radius 3 is 2.00 bits per heavy atom. The summed E-state index contributed by atoms with van der Waals surface area (Å²) in [5, 5.41) is 0. The molecule has 25 heavy (non-hydrogen) atoms. The fourth-order valence-corrected chi connectivity index (χ4v) is 2.28. The molecule has 0 aliphatic rings. The van der Waals surface area contributed by atoms with Crippen molar-refractivity contribution in [2.45, 2.75) is 33.5 Å². The van der Waals surface area contributed by atoms with E-state index < -0.39 is 25.9 Å². The Hall–Kier alpha value is -2.73. The molecule has 134 valence electrons. The van der Waals surface area contributed by atoms with Gasteiger partial charge in [-0.25, -0.2) is 14.7 Å². The minimum atomic E-state index is -1.79. The molecule has 2 amide bonds. The lowest BCUT2D eigenvalue weighted by Gasteiger charge is -2.18. The van der Waals surface area contributed by atoms with Crippen molar-refractivity contribution < 1.29 is 23.9 Å². The number of rotatable bonds is 3. The first kappa shape index (κ1) is 20.3. The number of hydrogen-bond donors (Lipinski definition) is 0. The Balaban J connectivity index is 3.77. The molecule has 0 unspecified atom stereocenters. The molecule has 1 aromatic heterocycles. The molecule has 0 fully saturated rings. The van der Waals surface area contributed by atoms with E-state index in [1.165, 1.54) is 28.1 Å². The number of esters is 1. The molecule has 0 aliphatic carbocycles. The number of carbonyl (C=O) groups is 3. The molecule has 0 bridgehead atoms. The van der Waals surface area contributed by atoms with Gasteiger partial charge in [-0.15, -0.1) is 5.54 Å². The lowest BCUT2D eigenvalue weighted by Crippen LogP contribution is -2.35. The van der Waals surface area contributed by atoms with E-state index in [1.54, 1.807) is 0 Å². The maximum Gasteiger partial charge on any atom is 0.362 e. The number of amides is 2. The summed E-state index contributed by atoms with van der Waals surface area (Å²) < 4.78 is 9.72. The van der Waals surface area contributed by atoms with Crippen molar-refractivity contribution in [3.8, 4) is 17.3 Å². The molecular formula is C16H21N3O5Si. The molecule has 0 saturated carbocycles. The van der Waals surface area contributed by atoms with Crippen LogP contribution in [-0.2, 0) is 14.3 Å². The van der Waals surface area contributed by atoms with Crippen LogP contribution in [0.15, 0.2) is 0 Å². The standard InChI is InChI=1S/C16H21N3O5Si/c1-10(20)19(11(2)21)14-12(8-9-25(5,6)7)17-13(16(22)24-4)15(18-14)23-3/h1-7H3. The first-order valence-electron chi connectivity index (χ1n) is 7.40. The Bertz CT molecular complexity index is 760. The van der Waals surface area contributed by atoms with Crippen LogP contribution in [0.3, 0.4) is 0 Å². The minimum Gasteiger partial charge on any atom is -0.479 e. The summed E-state index contributed by atoms with van der Waals surface area (Å²) >= 11 is 0. The zero-order valence-electron chi connectivity index (χ0n) is 15.4. The van der Waals surface area contributed by atoms with Gasteiger partial charge in [0.05, 0.1) is 14.2 Å². The van der Waals surface area contributed by atoms with Crippen molar-refractivity contribution in [2.24, 2.45) is 0 Å². The number of methoxy groups -OCH3 is 2. The number of carbonyl (C=O) groups excluding carboxylic acids is 3. The Kier molecular flexibility index (Phi) is 6.41. The number of nitrogens with zero attached hydrogens (tertiary/aromatic N) is 3. The van der Waals surface area contributed by atoms with Crippen LogP contribution in [-0.4, -0.2) is 50.0 Å². The third-order valence-electron chi connectivity index (χ3n) is 2.82. The zero-order chi connectivity index (χ0) is 19.4. The lowest BCUT2D eigenvalue weighted by molar-refractivity contribution is -0.124. The molecule has 0 aliphatic heterocycles. The molecule has 1 heterocycles. The van der Waals surface area contributed by atoms with Gasteiger partial charge in [-0.1, -0.05) is 25.6 Å². The molecule has 0 saturated heterocycles. The molecule has 9 heteroatoms. The number of ether oxygens (including phenoxy) is 2. The van der Waals surface area contributed by atoms with Crippen molar-refractivity contribution in [3.63, 3.8) is 0 Å². The Labute approximate surface area is 147 Å². The van der Waals surface area contributed by atoms with Gasteiger partial charge in [0, 0.05) is 13.8 Å². The SMILES string of the molecule is COC(=O)c1nc(C#C[Si](C)(C)C)c(N(C(C)=O)C(C)=O)nc1OC. The maximum atomic E-state index is 11.9. The van der Waals surface area contributed by atoms with Crippen molar-refractivity contribution >= 4 is 31.7 Å². The Morgan fingerprint density at radius 2 is 1.60 bits per heavy atom. The van der Waals surface area contributed by atoms with E-state index in [9.17, 15) is 14.4 Å². The van der Waals surface area contributed by atoms with Gasteiger partial charge < -0.3 is 9.47 Å². The van der Waals surface area contributed by atoms with E-state index in [0.29, 0.717) is 0 Å². The van der Waals surface area contributed by atoms with Crippen LogP contribution in [0.1, 0.15) is 30.0 Å². The zero-order valence-corrected chi connectivity index (χ0v) is 16.4. The monoisotopic (exact) mass is 363 g/mol. The first-order chi connectivity index (χ1) is 11.5. The molecule has 0 N–H and O–H groups in total. The normalized spacial score (nSPS) is 10.4. The highest BCUT2D eigenvalue weighted by Crippen LogP contribution is 2.24. The quantitative estimate of drug-likeness (QED) is 0.455. The van der Waals surface area contributed by atoms with E-state index in [0.717, 1.165) is 4.90 Å². The maximum absolute atomic E-state index is 11.9. The van der Waals surface area contributed by atoms with Gasteiger partial charge in [-0.3, -0.25) is 9.59 Å². The van der Waals surface area contributed by atoms with Crippen molar-refractivity contribution in [2.75, 3.05) is 19.1 Å². The molecule has 0 spiro atoms. The molecule has 8 nitrogen and oxygen atoms in total. The summed E-state index contributed by atoms with van der Waals surface area (Å²) in [6, 6.07) is 0.